The minimum Gasteiger partial charge on any atom is -0.493 e. The predicted molar refractivity (Wildman–Crippen MR) is 74.3 cm³/mol. The molecule has 1 atom stereocenters. The van der Waals surface area contributed by atoms with E-state index in [4.69, 9.17) is 21.6 Å². The van der Waals surface area contributed by atoms with Crippen molar-refractivity contribution >= 4 is 17.5 Å². The van der Waals surface area contributed by atoms with Gasteiger partial charge in [-0.25, -0.2) is 0 Å². The van der Waals surface area contributed by atoms with Crippen LogP contribution in [0.5, 0.6) is 5.75 Å². The van der Waals surface area contributed by atoms with Crippen LogP contribution in [0.1, 0.15) is 30.6 Å². The van der Waals surface area contributed by atoms with Gasteiger partial charge >= 0.3 is 0 Å². The summed E-state index contributed by atoms with van der Waals surface area (Å²) in [6.07, 6.45) is 0.856. The number of nitriles is 1. The molecule has 0 aromatic heterocycles. The van der Waals surface area contributed by atoms with Crippen molar-refractivity contribution in [3.63, 3.8) is 0 Å². The van der Waals surface area contributed by atoms with Crippen molar-refractivity contribution in [2.75, 3.05) is 13.2 Å². The largest absolute Gasteiger partial charge is 0.493 e. The normalized spacial score (nSPS) is 11.5. The zero-order chi connectivity index (χ0) is 14.3. The summed E-state index contributed by atoms with van der Waals surface area (Å²) in [4.78, 5) is 12.0. The Morgan fingerprint density at radius 1 is 1.58 bits per heavy atom. The van der Waals surface area contributed by atoms with Crippen molar-refractivity contribution < 1.29 is 9.53 Å². The first-order chi connectivity index (χ1) is 9.08. The number of nitrogens with zero attached hydrogens (tertiary/aromatic N) is 1. The van der Waals surface area contributed by atoms with Gasteiger partial charge in [-0.2, -0.15) is 5.26 Å². The first-order valence-electron chi connectivity index (χ1n) is 6.18. The minimum atomic E-state index is -0.282. The van der Waals surface area contributed by atoms with E-state index in [1.807, 2.05) is 6.92 Å². The summed E-state index contributed by atoms with van der Waals surface area (Å²) in [5.74, 6) is -0.00721. The van der Waals surface area contributed by atoms with Crippen LogP contribution in [0.3, 0.4) is 0 Å². The Kier molecular flexibility index (Phi) is 6.17. The molecule has 0 aliphatic heterocycles. The van der Waals surface area contributed by atoms with Crippen LogP contribution in [0.25, 0.3) is 0 Å². The lowest BCUT2D eigenvalue weighted by atomic mass is 10.1. The van der Waals surface area contributed by atoms with Gasteiger partial charge in [0.05, 0.1) is 24.2 Å². The lowest BCUT2D eigenvalue weighted by Crippen LogP contribution is -2.28. The van der Waals surface area contributed by atoms with Gasteiger partial charge in [0.1, 0.15) is 5.75 Å². The van der Waals surface area contributed by atoms with Crippen LogP contribution in [-0.4, -0.2) is 19.1 Å². The van der Waals surface area contributed by atoms with Crippen LogP contribution in [0.2, 0.25) is 5.02 Å². The van der Waals surface area contributed by atoms with Gasteiger partial charge in [0, 0.05) is 11.6 Å². The molecule has 1 amide bonds. The maximum absolute atomic E-state index is 12.0. The number of ether oxygens (including phenoxy) is 1. The number of benzene rings is 1. The third kappa shape index (κ3) is 4.80. The van der Waals surface area contributed by atoms with Crippen LogP contribution < -0.4 is 10.1 Å². The topological polar surface area (TPSA) is 62.1 Å². The fourth-order valence-electron chi connectivity index (χ4n) is 1.40. The van der Waals surface area contributed by atoms with Crippen LogP contribution in [-0.2, 0) is 0 Å². The summed E-state index contributed by atoms with van der Waals surface area (Å²) < 4.78 is 5.51. The predicted octanol–water partition coefficient (Wildman–Crippen LogP) is 3.02. The number of halogens is 1. The van der Waals surface area contributed by atoms with Gasteiger partial charge in [0.25, 0.3) is 5.91 Å². The van der Waals surface area contributed by atoms with E-state index in [9.17, 15) is 4.79 Å². The van der Waals surface area contributed by atoms with Crippen molar-refractivity contribution in [2.24, 2.45) is 5.92 Å². The first kappa shape index (κ1) is 15.3. The van der Waals surface area contributed by atoms with Gasteiger partial charge in [-0.05, 0) is 31.5 Å². The Labute approximate surface area is 118 Å². The van der Waals surface area contributed by atoms with Gasteiger partial charge in [-0.3, -0.25) is 4.79 Å². The molecule has 0 saturated carbocycles. The maximum Gasteiger partial charge on any atom is 0.255 e. The lowest BCUT2D eigenvalue weighted by Gasteiger charge is -2.12. The lowest BCUT2D eigenvalue weighted by molar-refractivity contribution is 0.0946. The summed E-state index contributed by atoms with van der Waals surface area (Å²) in [6.45, 7) is 4.57. The van der Waals surface area contributed by atoms with Crippen LogP contribution in [0, 0.1) is 17.2 Å². The van der Waals surface area contributed by atoms with Gasteiger partial charge < -0.3 is 10.1 Å². The molecule has 0 aliphatic rings. The van der Waals surface area contributed by atoms with Gasteiger partial charge in [0.2, 0.25) is 0 Å². The molecule has 1 N–H and O–H groups in total. The molecular formula is C14H17ClN2O2. The summed E-state index contributed by atoms with van der Waals surface area (Å²) in [6, 6.07) is 6.99. The average molecular weight is 281 g/mol. The van der Waals surface area contributed by atoms with Gasteiger partial charge in [-0.1, -0.05) is 18.5 Å². The Hall–Kier alpha value is -1.73. The highest BCUT2D eigenvalue weighted by Crippen LogP contribution is 2.23. The molecule has 1 rings (SSSR count). The molecule has 1 aromatic rings. The molecule has 0 heterocycles. The molecule has 0 bridgehead atoms. The van der Waals surface area contributed by atoms with Crippen molar-refractivity contribution in [3.05, 3.63) is 28.8 Å². The van der Waals surface area contributed by atoms with E-state index in [1.54, 1.807) is 25.1 Å². The molecule has 5 heteroatoms. The highest BCUT2D eigenvalue weighted by Gasteiger charge is 2.14. The van der Waals surface area contributed by atoms with E-state index < -0.39 is 0 Å². The van der Waals surface area contributed by atoms with Gasteiger partial charge in [0.15, 0.2) is 0 Å². The number of hydrogen-bond donors (Lipinski definition) is 1. The molecule has 102 valence electrons. The van der Waals surface area contributed by atoms with Crippen LogP contribution in [0.4, 0.5) is 0 Å². The fourth-order valence-corrected chi connectivity index (χ4v) is 1.58. The second-order valence-corrected chi connectivity index (χ2v) is 4.67. The second kappa shape index (κ2) is 7.65. The quantitative estimate of drug-likeness (QED) is 0.871. The molecule has 19 heavy (non-hydrogen) atoms. The number of carbonyl (C=O) groups is 1. The van der Waals surface area contributed by atoms with Crippen LogP contribution in [0.15, 0.2) is 18.2 Å². The van der Waals surface area contributed by atoms with E-state index in [-0.39, 0.29) is 11.8 Å². The summed E-state index contributed by atoms with van der Waals surface area (Å²) in [5.41, 5.74) is 0.395. The molecule has 0 fully saturated rings. The standard InChI is InChI=1S/C14H17ClN2O2/c1-3-6-19-13-5-4-11(15)7-12(13)14(18)17-9-10(2)8-16/h4-5,7,10H,3,6,9H2,1-2H3,(H,17,18)/t10-/m1/s1. The van der Waals surface area contributed by atoms with E-state index >= 15 is 0 Å². The molecule has 0 radical (unpaired) electrons. The first-order valence-corrected chi connectivity index (χ1v) is 6.56. The van der Waals surface area contributed by atoms with Crippen molar-refractivity contribution in [1.29, 1.82) is 5.26 Å². The fraction of sp³-hybridized carbons (Fsp3) is 0.429. The summed E-state index contributed by atoms with van der Waals surface area (Å²) in [7, 11) is 0. The average Bonchev–Trinajstić information content (AvgIpc) is 2.42. The molecule has 0 unspecified atom stereocenters. The Balaban J connectivity index is 2.81. The van der Waals surface area contributed by atoms with E-state index in [2.05, 4.69) is 11.4 Å². The summed E-state index contributed by atoms with van der Waals surface area (Å²) >= 11 is 5.90. The zero-order valence-electron chi connectivity index (χ0n) is 11.1. The highest BCUT2D eigenvalue weighted by atomic mass is 35.5. The SMILES string of the molecule is CCCOc1ccc(Cl)cc1C(=O)NC[C@H](C)C#N. The molecule has 0 saturated heterocycles. The molecular weight excluding hydrogens is 264 g/mol. The van der Waals surface area contributed by atoms with Crippen molar-refractivity contribution in [1.82, 2.24) is 5.32 Å². The molecule has 4 nitrogen and oxygen atoms in total. The second-order valence-electron chi connectivity index (χ2n) is 4.23. The Bertz CT molecular complexity index is 483. The van der Waals surface area contributed by atoms with E-state index in [0.29, 0.717) is 29.5 Å². The van der Waals surface area contributed by atoms with Crippen molar-refractivity contribution in [3.8, 4) is 11.8 Å². The molecule has 1 aromatic carbocycles. The zero-order valence-corrected chi connectivity index (χ0v) is 11.8. The van der Waals surface area contributed by atoms with Crippen LogP contribution >= 0.6 is 11.6 Å². The Morgan fingerprint density at radius 2 is 2.32 bits per heavy atom. The highest BCUT2D eigenvalue weighted by molar-refractivity contribution is 6.31. The monoisotopic (exact) mass is 280 g/mol. The molecule has 0 spiro atoms. The number of amides is 1. The summed E-state index contributed by atoms with van der Waals surface area (Å²) in [5, 5.41) is 11.9. The Morgan fingerprint density at radius 3 is 2.95 bits per heavy atom. The van der Waals surface area contributed by atoms with E-state index in [1.165, 1.54) is 0 Å². The number of rotatable bonds is 6. The van der Waals surface area contributed by atoms with E-state index in [0.717, 1.165) is 6.42 Å². The van der Waals surface area contributed by atoms with Crippen molar-refractivity contribution in [2.45, 2.75) is 20.3 Å². The third-order valence-electron chi connectivity index (χ3n) is 2.44. The number of hydrogen-bond acceptors (Lipinski definition) is 3. The number of carbonyl (C=O) groups excluding carboxylic acids is 1. The maximum atomic E-state index is 12.0. The van der Waals surface area contributed by atoms with Gasteiger partial charge in [-0.15, -0.1) is 0 Å². The minimum absolute atomic E-state index is 0.233. The third-order valence-corrected chi connectivity index (χ3v) is 2.67. The molecule has 0 aliphatic carbocycles. The number of nitrogens with one attached hydrogen (secondary N) is 1. The smallest absolute Gasteiger partial charge is 0.255 e.